The van der Waals surface area contributed by atoms with Crippen LogP contribution in [0.1, 0.15) is 22.5 Å². The number of nitrogens with two attached hydrogens (primary N) is 2. The Morgan fingerprint density at radius 1 is 1.30 bits per heavy atom. The van der Waals surface area contributed by atoms with Crippen molar-refractivity contribution in [2.24, 2.45) is 11.7 Å². The van der Waals surface area contributed by atoms with Crippen LogP contribution in [0.5, 0.6) is 0 Å². The van der Waals surface area contributed by atoms with Gasteiger partial charge in [-0.25, -0.2) is 15.0 Å². The quantitative estimate of drug-likeness (QED) is 0.353. The van der Waals surface area contributed by atoms with Gasteiger partial charge in [-0.2, -0.15) is 5.10 Å². The fraction of sp³-hybridized carbons (Fsp3) is 0.261. The summed E-state index contributed by atoms with van der Waals surface area (Å²) in [6.45, 7) is 4.15. The molecule has 0 aliphatic carbocycles. The minimum Gasteiger partial charge on any atom is -0.395 e. The summed E-state index contributed by atoms with van der Waals surface area (Å²) < 4.78 is 5.46. The number of primary amides is 1. The maximum absolute atomic E-state index is 12.3. The van der Waals surface area contributed by atoms with Crippen molar-refractivity contribution < 1.29 is 9.53 Å². The van der Waals surface area contributed by atoms with Gasteiger partial charge in [0.25, 0.3) is 5.91 Å². The van der Waals surface area contributed by atoms with E-state index in [0.29, 0.717) is 35.4 Å². The van der Waals surface area contributed by atoms with Crippen LogP contribution >= 0.6 is 0 Å². The van der Waals surface area contributed by atoms with Gasteiger partial charge in [0.05, 0.1) is 35.3 Å². The number of nitrogen functional groups attached to an aromatic ring is 1. The van der Waals surface area contributed by atoms with Crippen LogP contribution in [0.3, 0.4) is 0 Å². The van der Waals surface area contributed by atoms with Crippen molar-refractivity contribution in [1.82, 2.24) is 25.1 Å². The number of carbonyl (C=O) groups is 1. The van der Waals surface area contributed by atoms with Crippen molar-refractivity contribution in [3.05, 3.63) is 47.9 Å². The number of anilines is 2. The molecule has 4 heterocycles. The van der Waals surface area contributed by atoms with Gasteiger partial charge in [0.1, 0.15) is 5.82 Å². The molecule has 0 radical (unpaired) electrons. The molecule has 5 rings (SSSR count). The average molecular weight is 444 g/mol. The molecule has 1 aliphatic heterocycles. The third-order valence-corrected chi connectivity index (χ3v) is 5.88. The highest BCUT2D eigenvalue weighted by molar-refractivity contribution is 6.04. The molecule has 1 amide bonds. The molecule has 0 spiro atoms. The molecular formula is C23H24N8O2. The second-order valence-corrected chi connectivity index (χ2v) is 8.12. The Morgan fingerprint density at radius 3 is 2.97 bits per heavy atom. The third-order valence-electron chi connectivity index (χ3n) is 5.88. The molecule has 3 aromatic heterocycles. The Kier molecular flexibility index (Phi) is 5.35. The number of aromatic nitrogens is 5. The Labute approximate surface area is 189 Å². The van der Waals surface area contributed by atoms with E-state index in [4.69, 9.17) is 21.2 Å². The Bertz CT molecular complexity index is 1340. The highest BCUT2D eigenvalue weighted by Crippen LogP contribution is 2.36. The topological polar surface area (TPSA) is 158 Å². The van der Waals surface area contributed by atoms with E-state index in [-0.39, 0.29) is 11.4 Å². The highest BCUT2D eigenvalue weighted by atomic mass is 16.5. The van der Waals surface area contributed by atoms with E-state index in [1.165, 1.54) is 0 Å². The minimum atomic E-state index is -0.726. The molecule has 1 atom stereocenters. The van der Waals surface area contributed by atoms with E-state index in [0.717, 1.165) is 41.7 Å². The van der Waals surface area contributed by atoms with Crippen LogP contribution in [0.15, 0.2) is 36.7 Å². The van der Waals surface area contributed by atoms with Crippen LogP contribution in [-0.2, 0) is 4.74 Å². The summed E-state index contributed by atoms with van der Waals surface area (Å²) in [5, 5.41) is 11.3. The minimum absolute atomic E-state index is 0.0334. The number of hydrogen-bond acceptors (Lipinski definition) is 8. The van der Waals surface area contributed by atoms with E-state index in [2.05, 4.69) is 25.5 Å². The number of benzene rings is 1. The van der Waals surface area contributed by atoms with Crippen molar-refractivity contribution in [2.45, 2.75) is 13.3 Å². The molecule has 0 bridgehead atoms. The van der Waals surface area contributed by atoms with Gasteiger partial charge in [-0.05, 0) is 37.1 Å². The lowest BCUT2D eigenvalue weighted by atomic mass is 9.99. The number of H-pyrrole nitrogens is 1. The first kappa shape index (κ1) is 20.8. The van der Waals surface area contributed by atoms with Crippen molar-refractivity contribution in [1.29, 1.82) is 0 Å². The Balaban J connectivity index is 1.66. The van der Waals surface area contributed by atoms with Crippen LogP contribution in [0.25, 0.3) is 33.5 Å². The van der Waals surface area contributed by atoms with E-state index >= 15 is 0 Å². The van der Waals surface area contributed by atoms with Crippen LogP contribution < -0.4 is 16.8 Å². The number of aryl methyl sites for hydroxylation is 1. The number of ether oxygens (including phenoxy) is 1. The summed E-state index contributed by atoms with van der Waals surface area (Å²) in [6.07, 6.45) is 4.40. The van der Waals surface area contributed by atoms with Crippen LogP contribution in [0, 0.1) is 12.8 Å². The number of fused-ring (bicyclic) bond motifs is 1. The number of pyridine rings is 1. The summed E-state index contributed by atoms with van der Waals surface area (Å²) in [7, 11) is 0. The van der Waals surface area contributed by atoms with Gasteiger partial charge in [-0.15, -0.1) is 0 Å². The third kappa shape index (κ3) is 3.85. The number of carbonyl (C=O) groups excluding carboxylic acids is 1. The lowest BCUT2D eigenvalue weighted by molar-refractivity contribution is 0.0996. The van der Waals surface area contributed by atoms with Crippen molar-refractivity contribution in [3.8, 4) is 22.6 Å². The standard InChI is InChI=1S/C23H24N8O2/c1-12-4-5-16-15(10-28-31-16)17(12)19-18(24)20(21(25)32)30-23(29-19)14-3-2-7-26-22(14)27-9-13-6-8-33-11-13/h2-5,7,10,13H,6,8-9,11,24H2,1H3,(H2,25,32)(H,26,27)(H,28,31)/t13-/m0/s1. The van der Waals surface area contributed by atoms with Crippen molar-refractivity contribution in [3.63, 3.8) is 0 Å². The largest absolute Gasteiger partial charge is 0.395 e. The van der Waals surface area contributed by atoms with E-state index in [9.17, 15) is 4.79 Å². The lowest BCUT2D eigenvalue weighted by Crippen LogP contribution is -2.19. The SMILES string of the molecule is Cc1ccc2[nH]ncc2c1-c1nc(-c2cccnc2NC[C@@H]2CCOC2)nc(C(N)=O)c1N. The monoisotopic (exact) mass is 444 g/mol. The van der Waals surface area contributed by atoms with Gasteiger partial charge in [0.15, 0.2) is 11.5 Å². The molecule has 1 aromatic carbocycles. The maximum atomic E-state index is 12.3. The molecule has 6 N–H and O–H groups in total. The number of aromatic amines is 1. The molecular weight excluding hydrogens is 420 g/mol. The predicted octanol–water partition coefficient (Wildman–Crippen LogP) is 2.52. The zero-order valence-corrected chi connectivity index (χ0v) is 18.1. The van der Waals surface area contributed by atoms with Crippen LogP contribution in [0.2, 0.25) is 0 Å². The Hall–Kier alpha value is -4.05. The number of hydrogen-bond donors (Lipinski definition) is 4. The van der Waals surface area contributed by atoms with Gasteiger partial charge in [-0.3, -0.25) is 9.89 Å². The fourth-order valence-corrected chi connectivity index (χ4v) is 4.12. The molecule has 0 saturated carbocycles. The second kappa shape index (κ2) is 8.47. The molecule has 33 heavy (non-hydrogen) atoms. The number of nitrogens with one attached hydrogen (secondary N) is 2. The summed E-state index contributed by atoms with van der Waals surface area (Å²) in [6, 6.07) is 7.53. The first-order valence-corrected chi connectivity index (χ1v) is 10.7. The van der Waals surface area contributed by atoms with Gasteiger partial charge in [0, 0.05) is 36.2 Å². The summed E-state index contributed by atoms with van der Waals surface area (Å²) in [4.78, 5) is 26.0. The van der Waals surface area contributed by atoms with Crippen molar-refractivity contribution in [2.75, 3.05) is 30.8 Å². The molecule has 4 aromatic rings. The van der Waals surface area contributed by atoms with Crippen molar-refractivity contribution >= 4 is 28.3 Å². The summed E-state index contributed by atoms with van der Waals surface area (Å²) >= 11 is 0. The van der Waals surface area contributed by atoms with E-state index in [1.807, 2.05) is 25.1 Å². The molecule has 1 saturated heterocycles. The van der Waals surface area contributed by atoms with Gasteiger partial charge < -0.3 is 21.5 Å². The molecule has 168 valence electrons. The zero-order chi connectivity index (χ0) is 22.9. The normalized spacial score (nSPS) is 15.7. The summed E-state index contributed by atoms with van der Waals surface area (Å²) in [5.41, 5.74) is 15.7. The maximum Gasteiger partial charge on any atom is 0.269 e. The van der Waals surface area contributed by atoms with Crippen LogP contribution in [-0.4, -0.2) is 50.8 Å². The fourth-order valence-electron chi connectivity index (χ4n) is 4.12. The first-order valence-electron chi connectivity index (χ1n) is 10.7. The van der Waals surface area contributed by atoms with E-state index < -0.39 is 5.91 Å². The smallest absolute Gasteiger partial charge is 0.269 e. The molecule has 1 aliphatic rings. The predicted molar refractivity (Wildman–Crippen MR) is 125 cm³/mol. The van der Waals surface area contributed by atoms with Gasteiger partial charge in [-0.1, -0.05) is 6.07 Å². The lowest BCUT2D eigenvalue weighted by Gasteiger charge is -2.16. The molecule has 10 heteroatoms. The van der Waals surface area contributed by atoms with Gasteiger partial charge in [0.2, 0.25) is 0 Å². The van der Waals surface area contributed by atoms with Crippen LogP contribution in [0.4, 0.5) is 11.5 Å². The van der Waals surface area contributed by atoms with Gasteiger partial charge >= 0.3 is 0 Å². The van der Waals surface area contributed by atoms with E-state index in [1.54, 1.807) is 18.5 Å². The molecule has 1 fully saturated rings. The highest BCUT2D eigenvalue weighted by Gasteiger charge is 2.23. The number of amides is 1. The number of nitrogens with zero attached hydrogens (tertiary/aromatic N) is 4. The second-order valence-electron chi connectivity index (χ2n) is 8.12. The zero-order valence-electron chi connectivity index (χ0n) is 18.1. The first-order chi connectivity index (χ1) is 16.0. The molecule has 10 nitrogen and oxygen atoms in total. The Morgan fingerprint density at radius 2 is 2.18 bits per heavy atom. The molecule has 0 unspecified atom stereocenters. The number of rotatable bonds is 6. The summed E-state index contributed by atoms with van der Waals surface area (Å²) in [5.74, 6) is 0.612. The average Bonchev–Trinajstić information content (AvgIpc) is 3.50.